The third-order valence-corrected chi connectivity index (χ3v) is 3.27. The highest BCUT2D eigenvalue weighted by atomic mass is 16.6. The SMILES string of the molecule is CCOc1ccc(CNCCNc2ccc([N+](=O)[O-])cc2)cc1. The van der Waals surface area contributed by atoms with Gasteiger partial charge in [-0.25, -0.2) is 0 Å². The van der Waals surface area contributed by atoms with Crippen LogP contribution in [0.4, 0.5) is 11.4 Å². The summed E-state index contributed by atoms with van der Waals surface area (Å²) >= 11 is 0. The third kappa shape index (κ3) is 5.60. The zero-order chi connectivity index (χ0) is 16.5. The minimum absolute atomic E-state index is 0.101. The molecule has 0 amide bonds. The van der Waals surface area contributed by atoms with E-state index >= 15 is 0 Å². The second-order valence-corrected chi connectivity index (χ2v) is 4.98. The lowest BCUT2D eigenvalue weighted by atomic mass is 10.2. The van der Waals surface area contributed by atoms with Crippen LogP contribution in [-0.4, -0.2) is 24.6 Å². The Morgan fingerprint density at radius 3 is 2.35 bits per heavy atom. The van der Waals surface area contributed by atoms with Gasteiger partial charge in [0.05, 0.1) is 11.5 Å². The normalized spacial score (nSPS) is 10.3. The van der Waals surface area contributed by atoms with Crippen LogP contribution in [0.25, 0.3) is 0 Å². The molecule has 0 bridgehead atoms. The molecule has 0 saturated carbocycles. The molecule has 0 spiro atoms. The van der Waals surface area contributed by atoms with Gasteiger partial charge in [-0.15, -0.1) is 0 Å². The first-order valence-corrected chi connectivity index (χ1v) is 7.60. The van der Waals surface area contributed by atoms with Crippen LogP contribution in [0.15, 0.2) is 48.5 Å². The number of nitro groups is 1. The maximum Gasteiger partial charge on any atom is 0.269 e. The number of anilines is 1. The molecule has 0 heterocycles. The van der Waals surface area contributed by atoms with Gasteiger partial charge in [-0.3, -0.25) is 10.1 Å². The summed E-state index contributed by atoms with van der Waals surface area (Å²) < 4.78 is 5.40. The molecule has 0 saturated heterocycles. The van der Waals surface area contributed by atoms with Crippen LogP contribution in [0.3, 0.4) is 0 Å². The molecule has 0 atom stereocenters. The molecule has 6 nitrogen and oxygen atoms in total. The second kappa shape index (κ2) is 8.75. The van der Waals surface area contributed by atoms with E-state index in [1.165, 1.54) is 17.7 Å². The van der Waals surface area contributed by atoms with Crippen molar-refractivity contribution in [2.45, 2.75) is 13.5 Å². The fraction of sp³-hybridized carbons (Fsp3) is 0.294. The van der Waals surface area contributed by atoms with Crippen LogP contribution in [0.5, 0.6) is 5.75 Å². The molecule has 23 heavy (non-hydrogen) atoms. The fourth-order valence-corrected chi connectivity index (χ4v) is 2.10. The molecule has 2 aromatic carbocycles. The van der Waals surface area contributed by atoms with Crippen molar-refractivity contribution in [1.82, 2.24) is 5.32 Å². The van der Waals surface area contributed by atoms with Gasteiger partial charge in [-0.1, -0.05) is 12.1 Å². The van der Waals surface area contributed by atoms with Gasteiger partial charge >= 0.3 is 0 Å². The third-order valence-electron chi connectivity index (χ3n) is 3.27. The highest BCUT2D eigenvalue weighted by Gasteiger charge is 2.03. The Balaban J connectivity index is 1.66. The monoisotopic (exact) mass is 315 g/mol. The molecule has 2 aromatic rings. The van der Waals surface area contributed by atoms with Crippen LogP contribution in [0.2, 0.25) is 0 Å². The predicted octanol–water partition coefficient (Wildman–Crippen LogP) is 3.20. The van der Waals surface area contributed by atoms with E-state index in [-0.39, 0.29) is 5.69 Å². The van der Waals surface area contributed by atoms with E-state index in [1.54, 1.807) is 12.1 Å². The second-order valence-electron chi connectivity index (χ2n) is 4.98. The summed E-state index contributed by atoms with van der Waals surface area (Å²) in [6.07, 6.45) is 0. The van der Waals surface area contributed by atoms with Crippen molar-refractivity contribution in [3.63, 3.8) is 0 Å². The lowest BCUT2D eigenvalue weighted by Gasteiger charge is -2.08. The number of rotatable bonds is 9. The summed E-state index contributed by atoms with van der Waals surface area (Å²) in [4.78, 5) is 10.2. The quantitative estimate of drug-likeness (QED) is 0.422. The summed E-state index contributed by atoms with van der Waals surface area (Å²) in [5.74, 6) is 0.885. The van der Waals surface area contributed by atoms with Gasteiger partial charge in [-0.2, -0.15) is 0 Å². The van der Waals surface area contributed by atoms with E-state index in [0.717, 1.165) is 31.1 Å². The predicted molar refractivity (Wildman–Crippen MR) is 90.9 cm³/mol. The Hall–Kier alpha value is -2.60. The average Bonchev–Trinajstić information content (AvgIpc) is 2.57. The molecule has 0 aliphatic carbocycles. The minimum Gasteiger partial charge on any atom is -0.494 e. The Labute approximate surface area is 135 Å². The highest BCUT2D eigenvalue weighted by molar-refractivity contribution is 5.48. The largest absolute Gasteiger partial charge is 0.494 e. The van der Waals surface area contributed by atoms with Crippen molar-refractivity contribution in [1.29, 1.82) is 0 Å². The highest BCUT2D eigenvalue weighted by Crippen LogP contribution is 2.15. The van der Waals surface area contributed by atoms with E-state index in [9.17, 15) is 10.1 Å². The van der Waals surface area contributed by atoms with Crippen molar-refractivity contribution >= 4 is 11.4 Å². The van der Waals surface area contributed by atoms with Gasteiger partial charge in [0.2, 0.25) is 0 Å². The molecule has 122 valence electrons. The van der Waals surface area contributed by atoms with E-state index in [4.69, 9.17) is 4.74 Å². The van der Waals surface area contributed by atoms with Gasteiger partial charge in [0, 0.05) is 37.5 Å². The number of hydrogen-bond donors (Lipinski definition) is 2. The van der Waals surface area contributed by atoms with Crippen molar-refractivity contribution in [2.24, 2.45) is 0 Å². The Kier molecular flexibility index (Phi) is 6.38. The van der Waals surface area contributed by atoms with Gasteiger partial charge in [0.25, 0.3) is 5.69 Å². The zero-order valence-corrected chi connectivity index (χ0v) is 13.1. The Bertz CT molecular complexity index is 612. The lowest BCUT2D eigenvalue weighted by molar-refractivity contribution is -0.384. The van der Waals surface area contributed by atoms with Crippen LogP contribution in [0.1, 0.15) is 12.5 Å². The molecule has 0 aliphatic heterocycles. The molecule has 2 rings (SSSR count). The maximum atomic E-state index is 10.6. The number of non-ortho nitro benzene ring substituents is 1. The number of nitrogens with one attached hydrogen (secondary N) is 2. The fourth-order valence-electron chi connectivity index (χ4n) is 2.10. The number of nitro benzene ring substituents is 1. The summed E-state index contributed by atoms with van der Waals surface area (Å²) in [5, 5.41) is 17.1. The summed E-state index contributed by atoms with van der Waals surface area (Å²) in [7, 11) is 0. The molecule has 0 fully saturated rings. The first kappa shape index (κ1) is 16.8. The number of ether oxygens (including phenoxy) is 1. The summed E-state index contributed by atoms with van der Waals surface area (Å²) in [5.41, 5.74) is 2.17. The van der Waals surface area contributed by atoms with Gasteiger partial charge in [-0.05, 0) is 36.8 Å². The average molecular weight is 315 g/mol. The van der Waals surface area contributed by atoms with Gasteiger partial charge in [0.1, 0.15) is 5.75 Å². The minimum atomic E-state index is -0.401. The van der Waals surface area contributed by atoms with E-state index < -0.39 is 4.92 Å². The van der Waals surface area contributed by atoms with E-state index in [2.05, 4.69) is 10.6 Å². The van der Waals surface area contributed by atoms with Crippen LogP contribution in [0, 0.1) is 10.1 Å². The first-order valence-electron chi connectivity index (χ1n) is 7.60. The lowest BCUT2D eigenvalue weighted by Crippen LogP contribution is -2.21. The first-order chi connectivity index (χ1) is 11.2. The van der Waals surface area contributed by atoms with E-state index in [1.807, 2.05) is 31.2 Å². The zero-order valence-electron chi connectivity index (χ0n) is 13.1. The van der Waals surface area contributed by atoms with Crippen LogP contribution < -0.4 is 15.4 Å². The number of hydrogen-bond acceptors (Lipinski definition) is 5. The van der Waals surface area contributed by atoms with E-state index in [0.29, 0.717) is 6.61 Å². The van der Waals surface area contributed by atoms with Gasteiger partial charge < -0.3 is 15.4 Å². The molecule has 2 N–H and O–H groups in total. The molecule has 0 aliphatic rings. The Morgan fingerprint density at radius 1 is 1.04 bits per heavy atom. The van der Waals surface area contributed by atoms with Gasteiger partial charge in [0.15, 0.2) is 0 Å². The smallest absolute Gasteiger partial charge is 0.269 e. The number of benzene rings is 2. The molecule has 6 heteroatoms. The number of nitrogens with zero attached hydrogens (tertiary/aromatic N) is 1. The van der Waals surface area contributed by atoms with Crippen molar-refractivity contribution in [2.75, 3.05) is 25.0 Å². The molecule has 0 radical (unpaired) electrons. The van der Waals surface area contributed by atoms with Crippen molar-refractivity contribution < 1.29 is 9.66 Å². The van der Waals surface area contributed by atoms with Crippen molar-refractivity contribution in [3.8, 4) is 5.75 Å². The molecule has 0 unspecified atom stereocenters. The Morgan fingerprint density at radius 2 is 1.74 bits per heavy atom. The summed E-state index contributed by atoms with van der Waals surface area (Å²) in [6.45, 7) is 4.96. The standard InChI is InChI=1S/C17H21N3O3/c1-2-23-17-9-3-14(4-10-17)13-18-11-12-19-15-5-7-16(8-6-15)20(21)22/h3-10,18-19H,2,11-13H2,1H3. The topological polar surface area (TPSA) is 76.4 Å². The van der Waals surface area contributed by atoms with Crippen molar-refractivity contribution in [3.05, 3.63) is 64.2 Å². The van der Waals surface area contributed by atoms with Crippen LogP contribution >= 0.6 is 0 Å². The molecular weight excluding hydrogens is 294 g/mol. The van der Waals surface area contributed by atoms with Crippen LogP contribution in [-0.2, 0) is 6.54 Å². The molecular formula is C17H21N3O3. The summed E-state index contributed by atoms with van der Waals surface area (Å²) in [6, 6.07) is 14.4. The maximum absolute atomic E-state index is 10.6. The molecule has 0 aromatic heterocycles.